The molecule has 1 N–H and O–H groups in total. The Hall–Kier alpha value is -3.40. The van der Waals surface area contributed by atoms with Crippen LogP contribution in [0.3, 0.4) is 0 Å². The fraction of sp³-hybridized carbons (Fsp3) is 0.147. The molecule has 0 radical (unpaired) electrons. The summed E-state index contributed by atoms with van der Waals surface area (Å²) >= 11 is 9.90. The van der Waals surface area contributed by atoms with Crippen LogP contribution in [0.5, 0.6) is 0 Å². The second kappa shape index (κ2) is 11.1. The minimum atomic E-state index is 0.645. The predicted molar refractivity (Wildman–Crippen MR) is 164 cm³/mol. The standard InChI is InChI=1S/C25H20BrCl.C9H8N2/c26-25-6-2-5-20-21-10-9-18-8-7-17(13-16-3-1-4-19(27)14-16)15-24(18)22(21)11-12-23(20)25;1-2-4-9-8(3-1)7-10-5-6-11-9/h1-6,8-10,12,14,17H,7,11,13,15H2;1-7,11H. The smallest absolute Gasteiger partial charge is 0.0469 e. The highest BCUT2D eigenvalue weighted by Gasteiger charge is 2.19. The zero-order chi connectivity index (χ0) is 25.9. The van der Waals surface area contributed by atoms with Gasteiger partial charge in [-0.05, 0) is 93.4 Å². The maximum absolute atomic E-state index is 6.18. The summed E-state index contributed by atoms with van der Waals surface area (Å²) < 4.78 is 1.19. The number of nitrogens with one attached hydrogen (secondary N) is 1. The largest absolute Gasteiger partial charge is 0.360 e. The van der Waals surface area contributed by atoms with Gasteiger partial charge in [-0.1, -0.05) is 94.3 Å². The van der Waals surface area contributed by atoms with E-state index in [-0.39, 0.29) is 0 Å². The molecule has 2 nitrogen and oxygen atoms in total. The number of benzene rings is 4. The quantitative estimate of drug-likeness (QED) is 0.265. The van der Waals surface area contributed by atoms with E-state index < -0.39 is 0 Å². The summed E-state index contributed by atoms with van der Waals surface area (Å²) in [5.74, 6) is 0.645. The first kappa shape index (κ1) is 24.9. The molecule has 38 heavy (non-hydrogen) atoms. The summed E-state index contributed by atoms with van der Waals surface area (Å²) in [7, 11) is 0. The van der Waals surface area contributed by atoms with E-state index >= 15 is 0 Å². The third kappa shape index (κ3) is 5.27. The van der Waals surface area contributed by atoms with Gasteiger partial charge in [0.25, 0.3) is 0 Å². The first-order chi connectivity index (χ1) is 18.7. The number of fused-ring (bicyclic) bond motifs is 5. The van der Waals surface area contributed by atoms with Gasteiger partial charge in [0.1, 0.15) is 0 Å². The van der Waals surface area contributed by atoms with Crippen LogP contribution in [0.2, 0.25) is 5.02 Å². The van der Waals surface area contributed by atoms with Gasteiger partial charge in [-0.2, -0.15) is 0 Å². The molecule has 0 fully saturated rings. The Labute approximate surface area is 236 Å². The van der Waals surface area contributed by atoms with Gasteiger partial charge >= 0.3 is 0 Å². The minimum Gasteiger partial charge on any atom is -0.360 e. The molecule has 0 bridgehead atoms. The van der Waals surface area contributed by atoms with Gasteiger partial charge in [0, 0.05) is 39.4 Å². The summed E-state index contributed by atoms with van der Waals surface area (Å²) in [5, 5.41) is 9.48. The monoisotopic (exact) mass is 578 g/mol. The van der Waals surface area contributed by atoms with Crippen molar-refractivity contribution >= 4 is 51.6 Å². The molecule has 0 saturated heterocycles. The van der Waals surface area contributed by atoms with E-state index in [1.54, 1.807) is 11.8 Å². The first-order valence-electron chi connectivity index (χ1n) is 13.0. The second-order valence-electron chi connectivity index (χ2n) is 9.94. The normalized spacial score (nSPS) is 16.1. The number of aliphatic imine (C=N–C) groups is 1. The molecule has 3 aliphatic rings. The Morgan fingerprint density at radius 3 is 2.71 bits per heavy atom. The number of hydrogen-bond acceptors (Lipinski definition) is 2. The van der Waals surface area contributed by atoms with Crippen molar-refractivity contribution in [3.63, 3.8) is 0 Å². The van der Waals surface area contributed by atoms with Crippen LogP contribution < -0.4 is 15.8 Å². The predicted octanol–water partition coefficient (Wildman–Crippen LogP) is 7.31. The van der Waals surface area contributed by atoms with Crippen molar-refractivity contribution in [3.05, 3.63) is 144 Å². The van der Waals surface area contributed by atoms with Crippen molar-refractivity contribution in [3.8, 4) is 0 Å². The van der Waals surface area contributed by atoms with E-state index in [1.807, 2.05) is 42.7 Å². The first-order valence-corrected chi connectivity index (χ1v) is 14.2. The molecule has 188 valence electrons. The number of nitrogens with zero attached hydrogens (tertiary/aromatic N) is 1. The number of hydrogen-bond donors (Lipinski definition) is 1. The summed E-state index contributed by atoms with van der Waals surface area (Å²) in [4.78, 5) is 4.04. The molecule has 0 spiro atoms. The summed E-state index contributed by atoms with van der Waals surface area (Å²) in [6.07, 6.45) is 14.6. The molecule has 4 aromatic carbocycles. The van der Waals surface area contributed by atoms with E-state index in [0.29, 0.717) is 5.92 Å². The molecule has 1 heterocycles. The molecule has 0 saturated carbocycles. The fourth-order valence-electron chi connectivity index (χ4n) is 5.67. The Morgan fingerprint density at radius 2 is 1.79 bits per heavy atom. The Bertz CT molecular complexity index is 1790. The van der Waals surface area contributed by atoms with E-state index in [9.17, 15) is 0 Å². The lowest BCUT2D eigenvalue weighted by molar-refractivity contribution is 0.527. The molecule has 4 heteroatoms. The van der Waals surface area contributed by atoms with Crippen molar-refractivity contribution in [2.24, 2.45) is 10.9 Å². The van der Waals surface area contributed by atoms with Gasteiger partial charge in [0.15, 0.2) is 0 Å². The van der Waals surface area contributed by atoms with Crippen molar-refractivity contribution in [2.45, 2.75) is 25.7 Å². The molecule has 0 amide bonds. The van der Waals surface area contributed by atoms with E-state index in [1.165, 1.54) is 36.5 Å². The third-order valence-electron chi connectivity index (χ3n) is 7.47. The van der Waals surface area contributed by atoms with Gasteiger partial charge in [-0.15, -0.1) is 0 Å². The topological polar surface area (TPSA) is 24.4 Å². The minimum absolute atomic E-state index is 0.645. The van der Waals surface area contributed by atoms with Crippen molar-refractivity contribution in [1.29, 1.82) is 0 Å². The van der Waals surface area contributed by atoms with Crippen LogP contribution in [0.1, 0.15) is 28.7 Å². The molecular weight excluding hydrogens is 552 g/mol. The lowest BCUT2D eigenvalue weighted by atomic mass is 9.81. The molecule has 1 aliphatic heterocycles. The Balaban J connectivity index is 0.000000200. The van der Waals surface area contributed by atoms with Crippen LogP contribution in [0.4, 0.5) is 5.69 Å². The van der Waals surface area contributed by atoms with Gasteiger partial charge in [0.05, 0.1) is 0 Å². The lowest BCUT2D eigenvalue weighted by Crippen LogP contribution is -2.25. The van der Waals surface area contributed by atoms with Crippen molar-refractivity contribution in [2.75, 3.05) is 5.32 Å². The maximum Gasteiger partial charge on any atom is 0.0469 e. The van der Waals surface area contributed by atoms with E-state index in [0.717, 1.165) is 42.0 Å². The van der Waals surface area contributed by atoms with E-state index in [2.05, 4.69) is 86.9 Å². The maximum atomic E-state index is 6.18. The highest BCUT2D eigenvalue weighted by atomic mass is 79.9. The van der Waals surface area contributed by atoms with Crippen LogP contribution in [-0.2, 0) is 19.3 Å². The third-order valence-corrected chi connectivity index (χ3v) is 8.40. The van der Waals surface area contributed by atoms with Crippen LogP contribution in [0.15, 0.2) is 101 Å². The van der Waals surface area contributed by atoms with Gasteiger partial charge in [-0.3, -0.25) is 4.99 Å². The van der Waals surface area contributed by atoms with Crippen LogP contribution in [-0.4, -0.2) is 6.21 Å². The molecule has 0 aromatic heterocycles. The number of rotatable bonds is 2. The molecule has 1 unspecified atom stereocenters. The van der Waals surface area contributed by atoms with Gasteiger partial charge in [0.2, 0.25) is 0 Å². The molecule has 1 atom stereocenters. The summed E-state index contributed by atoms with van der Waals surface area (Å²) in [6.45, 7) is 0. The molecular formula is C34H28BrClN2. The highest BCUT2D eigenvalue weighted by Crippen LogP contribution is 2.25. The van der Waals surface area contributed by atoms with Crippen molar-refractivity contribution in [1.82, 2.24) is 0 Å². The Kier molecular flexibility index (Phi) is 7.31. The number of anilines is 1. The van der Waals surface area contributed by atoms with E-state index in [4.69, 9.17) is 11.6 Å². The molecule has 7 rings (SSSR count). The van der Waals surface area contributed by atoms with Gasteiger partial charge in [-0.25, -0.2) is 0 Å². The zero-order valence-corrected chi connectivity index (χ0v) is 23.3. The molecule has 2 aliphatic carbocycles. The fourth-order valence-corrected chi connectivity index (χ4v) is 6.41. The van der Waals surface area contributed by atoms with Crippen LogP contribution in [0.25, 0.3) is 12.2 Å². The summed E-state index contributed by atoms with van der Waals surface area (Å²) in [5.41, 5.74) is 6.63. The second-order valence-corrected chi connectivity index (χ2v) is 11.2. The Morgan fingerprint density at radius 1 is 0.895 bits per heavy atom. The number of para-hydroxylation sites is 1. The highest BCUT2D eigenvalue weighted by molar-refractivity contribution is 9.10. The average Bonchev–Trinajstić information content (AvgIpc) is 3.19. The van der Waals surface area contributed by atoms with Crippen LogP contribution >= 0.6 is 27.5 Å². The van der Waals surface area contributed by atoms with Gasteiger partial charge < -0.3 is 5.32 Å². The SMILES string of the molecule is C1=CNc2ccccc2C=N1.Clc1cccc(CC2CC=c3ccc4c(c3C2)CC=c2c(Br)cccc2=4)c1. The molecule has 4 aromatic rings. The number of halogens is 2. The lowest BCUT2D eigenvalue weighted by Gasteiger charge is -2.23. The average molecular weight is 580 g/mol. The van der Waals surface area contributed by atoms with Crippen LogP contribution in [0, 0.1) is 16.4 Å². The van der Waals surface area contributed by atoms with Crippen molar-refractivity contribution < 1.29 is 0 Å². The summed E-state index contributed by atoms with van der Waals surface area (Å²) in [6, 6.07) is 27.5. The zero-order valence-electron chi connectivity index (χ0n) is 21.0.